The van der Waals surface area contributed by atoms with Gasteiger partial charge in [-0.3, -0.25) is 19.1 Å². The van der Waals surface area contributed by atoms with Crippen LogP contribution in [0.15, 0.2) is 30.3 Å². The Labute approximate surface area is 180 Å². The number of carbonyl (C=O) groups excluding carboxylic acids is 3. The van der Waals surface area contributed by atoms with Crippen molar-refractivity contribution < 1.29 is 19.1 Å². The van der Waals surface area contributed by atoms with Gasteiger partial charge in [0, 0.05) is 32.7 Å². The van der Waals surface area contributed by atoms with Gasteiger partial charge in [0.1, 0.15) is 11.2 Å². The summed E-state index contributed by atoms with van der Waals surface area (Å²) in [6, 6.07) is 9.41. The summed E-state index contributed by atoms with van der Waals surface area (Å²) in [5.74, 6) is -0.843. The average Bonchev–Trinajstić information content (AvgIpc) is 3.20. The summed E-state index contributed by atoms with van der Waals surface area (Å²) in [5.41, 5.74) is 1.52. The van der Waals surface area contributed by atoms with Crippen LogP contribution in [0.3, 0.4) is 0 Å². The normalized spacial score (nSPS) is 21.1. The summed E-state index contributed by atoms with van der Waals surface area (Å²) >= 11 is 0. The number of likely N-dealkylation sites (N-methyl/N-ethyl adjacent to an activating group) is 1. The van der Waals surface area contributed by atoms with E-state index in [4.69, 9.17) is 4.74 Å². The molecule has 0 bridgehead atoms. The molecule has 164 valence electrons. The SMILES string of the molecule is Cc1ccc(CNC(=O)[C@@]2(C)Cn3nc(C(=O)N4CCOCC4)cc3C(=O)N2C)cc1. The highest BCUT2D eigenvalue weighted by molar-refractivity contribution is 6.01. The number of aromatic nitrogens is 2. The summed E-state index contributed by atoms with van der Waals surface area (Å²) in [5, 5.41) is 7.30. The first-order valence-corrected chi connectivity index (χ1v) is 10.4. The van der Waals surface area contributed by atoms with E-state index in [1.807, 2.05) is 31.2 Å². The van der Waals surface area contributed by atoms with Crippen molar-refractivity contribution >= 4 is 17.7 Å². The van der Waals surface area contributed by atoms with Crippen molar-refractivity contribution in [2.75, 3.05) is 33.4 Å². The minimum absolute atomic E-state index is 0.167. The van der Waals surface area contributed by atoms with E-state index in [0.29, 0.717) is 38.5 Å². The largest absolute Gasteiger partial charge is 0.378 e. The molecule has 1 fully saturated rings. The van der Waals surface area contributed by atoms with Gasteiger partial charge >= 0.3 is 0 Å². The number of benzene rings is 1. The minimum atomic E-state index is -1.12. The third kappa shape index (κ3) is 3.93. The van der Waals surface area contributed by atoms with Crippen LogP contribution in [0.1, 0.15) is 39.0 Å². The maximum atomic E-state index is 13.1. The van der Waals surface area contributed by atoms with Gasteiger partial charge in [-0.2, -0.15) is 5.10 Å². The standard InChI is InChI=1S/C22H27N5O4/c1-15-4-6-16(7-5-15)13-23-21(30)22(2)14-27-18(20(29)25(22)3)12-17(24-27)19(28)26-8-10-31-11-9-26/h4-7,12H,8-11,13-14H2,1-3H3,(H,23,30)/t22-/m1/s1. The maximum Gasteiger partial charge on any atom is 0.274 e. The Balaban J connectivity index is 1.51. The van der Waals surface area contributed by atoms with E-state index in [9.17, 15) is 14.4 Å². The zero-order valence-corrected chi connectivity index (χ0v) is 18.1. The number of morpholine rings is 1. The number of nitrogens with zero attached hydrogens (tertiary/aromatic N) is 4. The van der Waals surface area contributed by atoms with Gasteiger partial charge in [-0.1, -0.05) is 29.8 Å². The molecule has 1 aromatic heterocycles. The molecule has 0 unspecified atom stereocenters. The second-order valence-corrected chi connectivity index (χ2v) is 8.28. The van der Waals surface area contributed by atoms with E-state index >= 15 is 0 Å². The highest BCUT2D eigenvalue weighted by atomic mass is 16.5. The fourth-order valence-electron chi connectivity index (χ4n) is 3.84. The van der Waals surface area contributed by atoms with E-state index in [1.54, 1.807) is 18.9 Å². The van der Waals surface area contributed by atoms with Gasteiger partial charge in [0.2, 0.25) is 5.91 Å². The van der Waals surface area contributed by atoms with E-state index in [1.165, 1.54) is 15.6 Å². The highest BCUT2D eigenvalue weighted by Crippen LogP contribution is 2.26. The molecule has 2 aliphatic heterocycles. The van der Waals surface area contributed by atoms with E-state index in [2.05, 4.69) is 10.4 Å². The molecule has 1 atom stereocenters. The molecule has 4 rings (SSSR count). The second kappa shape index (κ2) is 8.14. The molecule has 3 amide bonds. The van der Waals surface area contributed by atoms with Gasteiger partial charge in [-0.25, -0.2) is 0 Å². The third-order valence-electron chi connectivity index (χ3n) is 6.08. The molecule has 0 saturated carbocycles. The Morgan fingerprint density at radius 1 is 1.19 bits per heavy atom. The summed E-state index contributed by atoms with van der Waals surface area (Å²) in [6.07, 6.45) is 0. The van der Waals surface area contributed by atoms with Gasteiger partial charge in [0.05, 0.1) is 19.8 Å². The molecular weight excluding hydrogens is 398 g/mol. The van der Waals surface area contributed by atoms with Crippen molar-refractivity contribution in [3.63, 3.8) is 0 Å². The number of carbonyl (C=O) groups is 3. The van der Waals surface area contributed by atoms with Crippen LogP contribution in [-0.4, -0.2) is 76.2 Å². The fourth-order valence-corrected chi connectivity index (χ4v) is 3.84. The van der Waals surface area contributed by atoms with Crippen LogP contribution in [0, 0.1) is 6.92 Å². The molecule has 0 radical (unpaired) electrons. The van der Waals surface area contributed by atoms with Crippen molar-refractivity contribution in [3.8, 4) is 0 Å². The molecule has 2 aliphatic rings. The topological polar surface area (TPSA) is 96.8 Å². The minimum Gasteiger partial charge on any atom is -0.378 e. The van der Waals surface area contributed by atoms with Crippen LogP contribution < -0.4 is 5.32 Å². The lowest BCUT2D eigenvalue weighted by Crippen LogP contribution is -2.62. The average molecular weight is 425 g/mol. The summed E-state index contributed by atoms with van der Waals surface area (Å²) in [4.78, 5) is 41.9. The van der Waals surface area contributed by atoms with Crippen LogP contribution in [0.2, 0.25) is 0 Å². The first kappa shape index (κ1) is 21.0. The molecule has 1 saturated heterocycles. The van der Waals surface area contributed by atoms with E-state index < -0.39 is 5.54 Å². The number of nitrogens with one attached hydrogen (secondary N) is 1. The number of amides is 3. The van der Waals surface area contributed by atoms with Crippen molar-refractivity contribution in [1.82, 2.24) is 24.9 Å². The number of hydrogen-bond acceptors (Lipinski definition) is 5. The van der Waals surface area contributed by atoms with Gasteiger partial charge in [0.15, 0.2) is 5.69 Å². The Hall–Kier alpha value is -3.20. The maximum absolute atomic E-state index is 13.1. The molecule has 1 N–H and O–H groups in total. The number of hydrogen-bond donors (Lipinski definition) is 1. The molecule has 3 heterocycles. The quantitative estimate of drug-likeness (QED) is 0.783. The van der Waals surface area contributed by atoms with Crippen molar-refractivity contribution in [2.24, 2.45) is 0 Å². The van der Waals surface area contributed by atoms with Gasteiger partial charge in [-0.05, 0) is 19.4 Å². The zero-order valence-electron chi connectivity index (χ0n) is 18.1. The number of fused-ring (bicyclic) bond motifs is 1. The zero-order chi connectivity index (χ0) is 22.2. The Kier molecular flexibility index (Phi) is 5.53. The van der Waals surface area contributed by atoms with Gasteiger partial charge in [0.25, 0.3) is 11.8 Å². The van der Waals surface area contributed by atoms with Crippen LogP contribution in [0.4, 0.5) is 0 Å². The number of ether oxygens (including phenoxy) is 1. The highest BCUT2D eigenvalue weighted by Gasteiger charge is 2.46. The van der Waals surface area contributed by atoms with Crippen LogP contribution in [0.25, 0.3) is 0 Å². The summed E-state index contributed by atoms with van der Waals surface area (Å²) < 4.78 is 6.76. The van der Waals surface area contributed by atoms with Crippen molar-refractivity contribution in [2.45, 2.75) is 32.5 Å². The predicted molar refractivity (Wildman–Crippen MR) is 112 cm³/mol. The molecular formula is C22H27N5O4. The molecule has 1 aromatic carbocycles. The molecule has 2 aromatic rings. The van der Waals surface area contributed by atoms with Crippen LogP contribution >= 0.6 is 0 Å². The van der Waals surface area contributed by atoms with Crippen molar-refractivity contribution in [1.29, 1.82) is 0 Å². The number of aryl methyl sites for hydroxylation is 1. The fraction of sp³-hybridized carbons (Fsp3) is 0.455. The first-order chi connectivity index (χ1) is 14.8. The summed E-state index contributed by atoms with van der Waals surface area (Å²) in [7, 11) is 1.60. The number of rotatable bonds is 4. The lowest BCUT2D eigenvalue weighted by molar-refractivity contribution is -0.132. The predicted octanol–water partition coefficient (Wildman–Crippen LogP) is 0.825. The van der Waals surface area contributed by atoms with Crippen LogP contribution in [-0.2, 0) is 22.6 Å². The lowest BCUT2D eigenvalue weighted by Gasteiger charge is -2.40. The molecule has 9 nitrogen and oxygen atoms in total. The molecule has 9 heteroatoms. The molecule has 31 heavy (non-hydrogen) atoms. The molecule has 0 spiro atoms. The molecule has 0 aliphatic carbocycles. The smallest absolute Gasteiger partial charge is 0.274 e. The van der Waals surface area contributed by atoms with E-state index in [-0.39, 0.29) is 30.0 Å². The van der Waals surface area contributed by atoms with Gasteiger partial charge < -0.3 is 19.9 Å². The Morgan fingerprint density at radius 2 is 1.87 bits per heavy atom. The van der Waals surface area contributed by atoms with E-state index in [0.717, 1.165) is 11.1 Å². The Morgan fingerprint density at radius 3 is 2.55 bits per heavy atom. The Bertz CT molecular complexity index is 1010. The monoisotopic (exact) mass is 425 g/mol. The summed E-state index contributed by atoms with van der Waals surface area (Å²) in [6.45, 7) is 6.21. The second-order valence-electron chi connectivity index (χ2n) is 8.28. The van der Waals surface area contributed by atoms with Crippen LogP contribution in [0.5, 0.6) is 0 Å². The first-order valence-electron chi connectivity index (χ1n) is 10.4. The third-order valence-corrected chi connectivity index (χ3v) is 6.08. The lowest BCUT2D eigenvalue weighted by atomic mass is 9.95. The van der Waals surface area contributed by atoms with Gasteiger partial charge in [-0.15, -0.1) is 0 Å². The van der Waals surface area contributed by atoms with Crippen molar-refractivity contribution in [3.05, 3.63) is 52.8 Å².